The molecule has 0 aliphatic carbocycles. The zero-order valence-corrected chi connectivity index (χ0v) is 11.5. The monoisotopic (exact) mass is 301 g/mol. The van der Waals surface area contributed by atoms with Gasteiger partial charge >= 0.3 is 0 Å². The van der Waals surface area contributed by atoms with Crippen molar-refractivity contribution in [1.82, 2.24) is 5.32 Å². The lowest BCUT2D eigenvalue weighted by atomic mass is 9.87. The maximum absolute atomic E-state index is 13.1. The molecule has 0 spiro atoms. The van der Waals surface area contributed by atoms with E-state index in [1.165, 1.54) is 12.1 Å². The van der Waals surface area contributed by atoms with Crippen LogP contribution in [0.3, 0.4) is 0 Å². The smallest absolute Gasteiger partial charge is 0.124 e. The number of benzene rings is 1. The van der Waals surface area contributed by atoms with Crippen molar-refractivity contribution in [3.8, 4) is 0 Å². The van der Waals surface area contributed by atoms with E-state index in [1.807, 2.05) is 13.1 Å². The van der Waals surface area contributed by atoms with Crippen LogP contribution in [-0.4, -0.2) is 20.3 Å². The molecule has 0 aromatic heterocycles. The van der Waals surface area contributed by atoms with Crippen LogP contribution < -0.4 is 5.32 Å². The van der Waals surface area contributed by atoms with Crippen molar-refractivity contribution in [1.29, 1.82) is 0 Å². The molecular formula is C13H17BrFNO. The second-order valence-electron chi connectivity index (χ2n) is 4.38. The van der Waals surface area contributed by atoms with E-state index < -0.39 is 0 Å². The van der Waals surface area contributed by atoms with Crippen molar-refractivity contribution in [2.75, 3.05) is 20.3 Å². The zero-order chi connectivity index (χ0) is 12.3. The van der Waals surface area contributed by atoms with Crippen LogP contribution in [0.5, 0.6) is 0 Å². The summed E-state index contributed by atoms with van der Waals surface area (Å²) in [6.45, 7) is 1.64. The number of nitrogens with one attached hydrogen (secondary N) is 1. The Morgan fingerprint density at radius 1 is 1.41 bits per heavy atom. The molecule has 2 rings (SSSR count). The van der Waals surface area contributed by atoms with Gasteiger partial charge in [0.2, 0.25) is 0 Å². The van der Waals surface area contributed by atoms with Gasteiger partial charge in [0, 0.05) is 23.7 Å². The van der Waals surface area contributed by atoms with E-state index in [2.05, 4.69) is 21.2 Å². The quantitative estimate of drug-likeness (QED) is 0.925. The Balaban J connectivity index is 2.21. The Kier molecular flexibility index (Phi) is 4.54. The van der Waals surface area contributed by atoms with Crippen LogP contribution in [0, 0.1) is 11.7 Å². The van der Waals surface area contributed by atoms with Crippen LogP contribution in [0.2, 0.25) is 0 Å². The minimum atomic E-state index is -0.206. The van der Waals surface area contributed by atoms with Gasteiger partial charge in [-0.15, -0.1) is 0 Å². The first-order chi connectivity index (χ1) is 8.22. The Labute approximate surface area is 110 Å². The third kappa shape index (κ3) is 3.06. The van der Waals surface area contributed by atoms with Gasteiger partial charge in [0.15, 0.2) is 0 Å². The highest BCUT2D eigenvalue weighted by molar-refractivity contribution is 9.10. The summed E-state index contributed by atoms with van der Waals surface area (Å²) in [6, 6.07) is 5.16. The van der Waals surface area contributed by atoms with Gasteiger partial charge < -0.3 is 10.1 Å². The molecule has 4 heteroatoms. The van der Waals surface area contributed by atoms with E-state index in [-0.39, 0.29) is 11.9 Å². The fraction of sp³-hybridized carbons (Fsp3) is 0.538. The highest BCUT2D eigenvalue weighted by Gasteiger charge is 2.25. The summed E-state index contributed by atoms with van der Waals surface area (Å²) in [7, 11) is 1.95. The lowest BCUT2D eigenvalue weighted by molar-refractivity contribution is 0.0545. The molecule has 1 aliphatic rings. The van der Waals surface area contributed by atoms with E-state index in [4.69, 9.17) is 4.74 Å². The van der Waals surface area contributed by atoms with Gasteiger partial charge in [-0.3, -0.25) is 0 Å². The first-order valence-electron chi connectivity index (χ1n) is 5.92. The first-order valence-corrected chi connectivity index (χ1v) is 6.71. The summed E-state index contributed by atoms with van der Waals surface area (Å²) in [5.41, 5.74) is 1.13. The molecule has 1 aliphatic heterocycles. The van der Waals surface area contributed by atoms with E-state index in [1.54, 1.807) is 0 Å². The number of hydrogen-bond donors (Lipinski definition) is 1. The summed E-state index contributed by atoms with van der Waals surface area (Å²) in [6.07, 6.45) is 2.10. The molecule has 1 atom stereocenters. The maximum Gasteiger partial charge on any atom is 0.124 e. The van der Waals surface area contributed by atoms with Crippen LogP contribution in [-0.2, 0) is 4.74 Å². The Morgan fingerprint density at radius 3 is 2.71 bits per heavy atom. The second kappa shape index (κ2) is 5.94. The molecule has 1 aromatic carbocycles. The third-order valence-electron chi connectivity index (χ3n) is 3.35. The van der Waals surface area contributed by atoms with Crippen LogP contribution in [0.25, 0.3) is 0 Å². The SMILES string of the molecule is CNC(c1ccc(F)cc1Br)C1CCOCC1. The van der Waals surface area contributed by atoms with Crippen molar-refractivity contribution < 1.29 is 9.13 Å². The molecule has 94 valence electrons. The standard InChI is InChI=1S/C13H17BrFNO/c1-16-13(9-4-6-17-7-5-9)11-3-2-10(15)8-12(11)14/h2-3,8-9,13,16H,4-7H2,1H3. The predicted octanol–water partition coefficient (Wildman–Crippen LogP) is 3.28. The van der Waals surface area contributed by atoms with Crippen molar-refractivity contribution in [2.24, 2.45) is 5.92 Å². The lowest BCUT2D eigenvalue weighted by Gasteiger charge is -2.31. The number of ether oxygens (including phenoxy) is 1. The summed E-state index contributed by atoms with van der Waals surface area (Å²) in [5, 5.41) is 3.34. The Bertz CT molecular complexity index is 380. The average Bonchev–Trinajstić information content (AvgIpc) is 2.34. The molecule has 1 saturated heterocycles. The van der Waals surface area contributed by atoms with Crippen molar-refractivity contribution in [3.63, 3.8) is 0 Å². The molecule has 0 radical (unpaired) electrons. The highest BCUT2D eigenvalue weighted by Crippen LogP contribution is 2.33. The van der Waals surface area contributed by atoms with Crippen molar-refractivity contribution >= 4 is 15.9 Å². The molecule has 2 nitrogen and oxygen atoms in total. The molecule has 1 aromatic rings. The van der Waals surface area contributed by atoms with Crippen molar-refractivity contribution in [3.05, 3.63) is 34.1 Å². The average molecular weight is 302 g/mol. The van der Waals surface area contributed by atoms with E-state index in [0.717, 1.165) is 36.1 Å². The minimum absolute atomic E-state index is 0.206. The normalized spacial score (nSPS) is 19.2. The van der Waals surface area contributed by atoms with Crippen LogP contribution >= 0.6 is 15.9 Å². The zero-order valence-electron chi connectivity index (χ0n) is 9.88. The first kappa shape index (κ1) is 13.0. The summed E-state index contributed by atoms with van der Waals surface area (Å²) < 4.78 is 19.3. The van der Waals surface area contributed by atoms with Gasteiger partial charge in [-0.1, -0.05) is 22.0 Å². The predicted molar refractivity (Wildman–Crippen MR) is 69.4 cm³/mol. The summed E-state index contributed by atoms with van der Waals surface area (Å²) in [4.78, 5) is 0. The van der Waals surface area contributed by atoms with Crippen LogP contribution in [0.4, 0.5) is 4.39 Å². The molecule has 0 amide bonds. The third-order valence-corrected chi connectivity index (χ3v) is 4.03. The fourth-order valence-corrected chi connectivity index (χ4v) is 3.05. The summed E-state index contributed by atoms with van der Waals surface area (Å²) in [5.74, 6) is 0.345. The van der Waals surface area contributed by atoms with Gasteiger partial charge in [-0.25, -0.2) is 4.39 Å². The number of rotatable bonds is 3. The van der Waals surface area contributed by atoms with Crippen LogP contribution in [0.15, 0.2) is 22.7 Å². The molecule has 1 N–H and O–H groups in total. The van der Waals surface area contributed by atoms with E-state index >= 15 is 0 Å². The molecule has 1 fully saturated rings. The van der Waals surface area contributed by atoms with Gasteiger partial charge in [-0.2, -0.15) is 0 Å². The highest BCUT2D eigenvalue weighted by atomic mass is 79.9. The van der Waals surface area contributed by atoms with Crippen LogP contribution in [0.1, 0.15) is 24.4 Å². The van der Waals surface area contributed by atoms with Crippen molar-refractivity contribution in [2.45, 2.75) is 18.9 Å². The lowest BCUT2D eigenvalue weighted by Crippen LogP contribution is -2.30. The number of halogens is 2. The molecule has 1 unspecified atom stereocenters. The molecule has 0 bridgehead atoms. The van der Waals surface area contributed by atoms with E-state index in [9.17, 15) is 4.39 Å². The fourth-order valence-electron chi connectivity index (χ4n) is 2.45. The van der Waals surface area contributed by atoms with E-state index in [0.29, 0.717) is 5.92 Å². The topological polar surface area (TPSA) is 21.3 Å². The van der Waals surface area contributed by atoms with Gasteiger partial charge in [0.05, 0.1) is 0 Å². The molecular weight excluding hydrogens is 285 g/mol. The Morgan fingerprint density at radius 2 is 2.12 bits per heavy atom. The molecule has 17 heavy (non-hydrogen) atoms. The van der Waals surface area contributed by atoms with Gasteiger partial charge in [-0.05, 0) is 43.5 Å². The molecule has 1 heterocycles. The summed E-state index contributed by atoms with van der Waals surface area (Å²) >= 11 is 3.44. The maximum atomic E-state index is 13.1. The number of hydrogen-bond acceptors (Lipinski definition) is 2. The molecule has 0 saturated carbocycles. The van der Waals surface area contributed by atoms with Gasteiger partial charge in [0.25, 0.3) is 0 Å². The second-order valence-corrected chi connectivity index (χ2v) is 5.24. The largest absolute Gasteiger partial charge is 0.381 e. The van der Waals surface area contributed by atoms with Gasteiger partial charge in [0.1, 0.15) is 5.82 Å². The minimum Gasteiger partial charge on any atom is -0.381 e. The Hall–Kier alpha value is -0.450.